The normalized spacial score (nSPS) is 11.0. The summed E-state index contributed by atoms with van der Waals surface area (Å²) in [5.41, 5.74) is 3.52. The zero-order chi connectivity index (χ0) is 19.7. The van der Waals surface area contributed by atoms with E-state index in [0.29, 0.717) is 28.8 Å². The number of halogens is 1. The van der Waals surface area contributed by atoms with Crippen LogP contribution in [0.1, 0.15) is 16.2 Å². The van der Waals surface area contributed by atoms with Crippen molar-refractivity contribution in [2.75, 3.05) is 7.11 Å². The molecule has 0 atom stereocenters. The van der Waals surface area contributed by atoms with E-state index in [0.717, 1.165) is 22.2 Å². The number of carbonyl (C=O) groups excluding carboxylic acids is 1. The number of ether oxygens (including phenoxy) is 1. The van der Waals surface area contributed by atoms with Gasteiger partial charge in [0.2, 0.25) is 5.88 Å². The molecule has 28 heavy (non-hydrogen) atoms. The maximum atomic E-state index is 12.1. The molecule has 0 saturated heterocycles. The molecule has 0 spiro atoms. The monoisotopic (exact) mass is 396 g/mol. The van der Waals surface area contributed by atoms with Gasteiger partial charge in [-0.2, -0.15) is 0 Å². The Morgan fingerprint density at radius 1 is 1.25 bits per heavy atom. The van der Waals surface area contributed by atoms with Crippen molar-refractivity contribution in [1.82, 2.24) is 29.8 Å². The van der Waals surface area contributed by atoms with Gasteiger partial charge >= 0.3 is 0 Å². The summed E-state index contributed by atoms with van der Waals surface area (Å²) in [5, 5.41) is 4.35. The molecule has 2 N–H and O–H groups in total. The highest BCUT2D eigenvalue weighted by molar-refractivity contribution is 6.34. The largest absolute Gasteiger partial charge is 0.480 e. The molecular formula is C19H17ClN6O2. The average Bonchev–Trinajstić information content (AvgIpc) is 3.31. The van der Waals surface area contributed by atoms with Crippen LogP contribution in [-0.4, -0.2) is 37.5 Å². The van der Waals surface area contributed by atoms with Crippen molar-refractivity contribution < 1.29 is 9.53 Å². The van der Waals surface area contributed by atoms with Crippen molar-refractivity contribution in [2.45, 2.75) is 6.54 Å². The summed E-state index contributed by atoms with van der Waals surface area (Å²) in [4.78, 5) is 28.0. The predicted molar refractivity (Wildman–Crippen MR) is 105 cm³/mol. The summed E-state index contributed by atoms with van der Waals surface area (Å²) < 4.78 is 6.76. The third-order valence-electron chi connectivity index (χ3n) is 4.25. The molecular weight excluding hydrogens is 380 g/mol. The number of fused-ring (bicyclic) bond motifs is 1. The van der Waals surface area contributed by atoms with Gasteiger partial charge < -0.3 is 19.6 Å². The molecule has 3 heterocycles. The molecule has 0 saturated carbocycles. The number of hydrogen-bond donors (Lipinski definition) is 2. The van der Waals surface area contributed by atoms with Crippen LogP contribution in [0, 0.1) is 0 Å². The lowest BCUT2D eigenvalue weighted by Gasteiger charge is -2.05. The lowest BCUT2D eigenvalue weighted by Crippen LogP contribution is -2.23. The van der Waals surface area contributed by atoms with Crippen LogP contribution in [-0.2, 0) is 13.6 Å². The molecule has 4 rings (SSSR count). The summed E-state index contributed by atoms with van der Waals surface area (Å²) in [7, 11) is 3.35. The molecule has 0 fully saturated rings. The number of H-pyrrole nitrogens is 1. The minimum Gasteiger partial charge on any atom is -0.480 e. The molecule has 3 aromatic heterocycles. The number of amides is 1. The Morgan fingerprint density at radius 2 is 2.11 bits per heavy atom. The standard InChI is InChI=1S/C19H17ClN6O2/c1-26-9-17(24-10-26)19(27)23-6-12-3-11-4-14(20)13(5-15(11)25-12)16-7-22-18(28-2)8-21-16/h3-5,7-10,25H,6H2,1-2H3,(H,23,27). The van der Waals surface area contributed by atoms with Crippen molar-refractivity contribution in [2.24, 2.45) is 7.05 Å². The van der Waals surface area contributed by atoms with Gasteiger partial charge in [-0.1, -0.05) is 11.6 Å². The highest BCUT2D eigenvalue weighted by Crippen LogP contribution is 2.31. The third kappa shape index (κ3) is 3.54. The predicted octanol–water partition coefficient (Wildman–Crippen LogP) is 2.95. The molecule has 1 aromatic carbocycles. The molecule has 1 amide bonds. The number of aryl methyl sites for hydroxylation is 1. The SMILES string of the molecule is COc1cnc(-c2cc3[nH]c(CNC(=O)c4cn(C)cn4)cc3cc2Cl)cn1. The van der Waals surface area contributed by atoms with E-state index in [1.807, 2.05) is 25.2 Å². The van der Waals surface area contributed by atoms with Gasteiger partial charge in [-0.15, -0.1) is 0 Å². The van der Waals surface area contributed by atoms with E-state index in [1.54, 1.807) is 29.5 Å². The number of hydrogen-bond acceptors (Lipinski definition) is 5. The van der Waals surface area contributed by atoms with E-state index < -0.39 is 0 Å². The third-order valence-corrected chi connectivity index (χ3v) is 4.57. The molecule has 0 bridgehead atoms. The first-order valence-electron chi connectivity index (χ1n) is 8.47. The van der Waals surface area contributed by atoms with Gasteiger partial charge in [0, 0.05) is 35.4 Å². The summed E-state index contributed by atoms with van der Waals surface area (Å²) >= 11 is 6.44. The van der Waals surface area contributed by atoms with Gasteiger partial charge in [-0.05, 0) is 18.2 Å². The van der Waals surface area contributed by atoms with Gasteiger partial charge in [0.15, 0.2) is 0 Å². The van der Waals surface area contributed by atoms with Crippen molar-refractivity contribution in [3.63, 3.8) is 0 Å². The van der Waals surface area contributed by atoms with Crippen LogP contribution >= 0.6 is 11.6 Å². The number of aromatic nitrogens is 5. The second-order valence-electron chi connectivity index (χ2n) is 6.26. The summed E-state index contributed by atoms with van der Waals surface area (Å²) in [6.07, 6.45) is 6.41. The fourth-order valence-corrected chi connectivity index (χ4v) is 3.13. The highest BCUT2D eigenvalue weighted by Gasteiger charge is 2.12. The number of methoxy groups -OCH3 is 1. The van der Waals surface area contributed by atoms with Crippen LogP contribution < -0.4 is 10.1 Å². The number of aromatic amines is 1. The zero-order valence-corrected chi connectivity index (χ0v) is 16.0. The van der Waals surface area contributed by atoms with E-state index in [9.17, 15) is 4.79 Å². The van der Waals surface area contributed by atoms with Crippen molar-refractivity contribution in [3.8, 4) is 17.1 Å². The van der Waals surface area contributed by atoms with Gasteiger partial charge in [-0.3, -0.25) is 4.79 Å². The van der Waals surface area contributed by atoms with Gasteiger partial charge in [-0.25, -0.2) is 15.0 Å². The number of nitrogens with one attached hydrogen (secondary N) is 2. The van der Waals surface area contributed by atoms with E-state index in [2.05, 4.69) is 25.3 Å². The van der Waals surface area contributed by atoms with Crippen molar-refractivity contribution in [1.29, 1.82) is 0 Å². The Hall–Kier alpha value is -3.39. The highest BCUT2D eigenvalue weighted by atomic mass is 35.5. The second kappa shape index (κ2) is 7.32. The zero-order valence-electron chi connectivity index (χ0n) is 15.2. The Morgan fingerprint density at radius 3 is 2.79 bits per heavy atom. The molecule has 8 nitrogen and oxygen atoms in total. The maximum Gasteiger partial charge on any atom is 0.271 e. The molecule has 4 aromatic rings. The van der Waals surface area contributed by atoms with Crippen LogP contribution in [0.5, 0.6) is 5.88 Å². The van der Waals surface area contributed by atoms with E-state index in [1.165, 1.54) is 7.11 Å². The minimum atomic E-state index is -0.230. The van der Waals surface area contributed by atoms with Crippen LogP contribution in [0.2, 0.25) is 5.02 Å². The topological polar surface area (TPSA) is 97.7 Å². The Kier molecular flexibility index (Phi) is 4.70. The van der Waals surface area contributed by atoms with Crippen LogP contribution in [0.4, 0.5) is 0 Å². The Bertz CT molecular complexity index is 1150. The van der Waals surface area contributed by atoms with E-state index in [-0.39, 0.29) is 5.91 Å². The number of benzene rings is 1. The molecule has 0 aliphatic heterocycles. The fraction of sp³-hybridized carbons (Fsp3) is 0.158. The average molecular weight is 397 g/mol. The summed E-state index contributed by atoms with van der Waals surface area (Å²) in [6.45, 7) is 0.347. The molecule has 142 valence electrons. The number of rotatable bonds is 5. The molecule has 9 heteroatoms. The van der Waals surface area contributed by atoms with Crippen LogP contribution in [0.15, 0.2) is 43.1 Å². The van der Waals surface area contributed by atoms with Crippen molar-refractivity contribution in [3.05, 3.63) is 59.5 Å². The molecule has 0 aliphatic carbocycles. The minimum absolute atomic E-state index is 0.230. The maximum absolute atomic E-state index is 12.1. The van der Waals surface area contributed by atoms with E-state index in [4.69, 9.17) is 16.3 Å². The fourth-order valence-electron chi connectivity index (χ4n) is 2.86. The van der Waals surface area contributed by atoms with Gasteiger partial charge in [0.1, 0.15) is 5.69 Å². The van der Waals surface area contributed by atoms with Gasteiger partial charge in [0.25, 0.3) is 5.91 Å². The second-order valence-corrected chi connectivity index (χ2v) is 6.67. The van der Waals surface area contributed by atoms with E-state index >= 15 is 0 Å². The number of imidazole rings is 1. The molecule has 0 aliphatic rings. The first kappa shape index (κ1) is 18.0. The first-order valence-corrected chi connectivity index (χ1v) is 8.85. The van der Waals surface area contributed by atoms with Crippen molar-refractivity contribution >= 4 is 28.4 Å². The summed E-state index contributed by atoms with van der Waals surface area (Å²) in [6, 6.07) is 5.72. The van der Waals surface area contributed by atoms with Crippen LogP contribution in [0.25, 0.3) is 22.2 Å². The van der Waals surface area contributed by atoms with Crippen LogP contribution in [0.3, 0.4) is 0 Å². The van der Waals surface area contributed by atoms with Gasteiger partial charge in [0.05, 0.1) is 43.1 Å². The number of nitrogens with zero attached hydrogens (tertiary/aromatic N) is 4. The lowest BCUT2D eigenvalue weighted by atomic mass is 10.1. The smallest absolute Gasteiger partial charge is 0.271 e. The quantitative estimate of drug-likeness (QED) is 0.540. The Labute approximate surface area is 165 Å². The Balaban J connectivity index is 1.56. The lowest BCUT2D eigenvalue weighted by molar-refractivity contribution is 0.0946. The summed E-state index contributed by atoms with van der Waals surface area (Å²) in [5.74, 6) is 0.207. The molecule has 0 radical (unpaired) electrons. The molecule has 0 unspecified atom stereocenters. The number of carbonyl (C=O) groups is 1. The first-order chi connectivity index (χ1) is 13.5.